The highest BCUT2D eigenvalue weighted by molar-refractivity contribution is 6.09. The lowest BCUT2D eigenvalue weighted by Gasteiger charge is -2.22. The van der Waals surface area contributed by atoms with Gasteiger partial charge >= 0.3 is 0 Å². The highest BCUT2D eigenvalue weighted by atomic mass is 16.3. The molecule has 1 fully saturated rings. The van der Waals surface area contributed by atoms with Crippen molar-refractivity contribution >= 4 is 28.6 Å². The van der Waals surface area contributed by atoms with Gasteiger partial charge in [-0.15, -0.1) is 0 Å². The fourth-order valence-corrected chi connectivity index (χ4v) is 2.41. The zero-order valence-corrected chi connectivity index (χ0v) is 11.5. The number of aromatic nitrogens is 1. The van der Waals surface area contributed by atoms with E-state index >= 15 is 0 Å². The van der Waals surface area contributed by atoms with E-state index in [-0.39, 0.29) is 30.1 Å². The molecule has 3 rings (SSSR count). The lowest BCUT2D eigenvalue weighted by Crippen LogP contribution is -2.52. The van der Waals surface area contributed by atoms with Crippen LogP contribution in [0.4, 0.5) is 0 Å². The van der Waals surface area contributed by atoms with Crippen LogP contribution >= 0.6 is 0 Å². The van der Waals surface area contributed by atoms with Crippen molar-refractivity contribution in [3.05, 3.63) is 36.0 Å². The number of pyridine rings is 1. The molecule has 1 aliphatic heterocycles. The number of hydrogen-bond donors (Lipinski definition) is 3. The zero-order chi connectivity index (χ0) is 15.7. The first-order chi connectivity index (χ1) is 10.6. The van der Waals surface area contributed by atoms with Gasteiger partial charge in [0.25, 0.3) is 5.91 Å². The van der Waals surface area contributed by atoms with Gasteiger partial charge in [0, 0.05) is 18.0 Å². The first-order valence-electron chi connectivity index (χ1n) is 6.77. The summed E-state index contributed by atoms with van der Waals surface area (Å²) in [6.45, 7) is 0. The van der Waals surface area contributed by atoms with Crippen LogP contribution in [0, 0.1) is 0 Å². The molecule has 3 N–H and O–H groups in total. The molecule has 1 saturated heterocycles. The second kappa shape index (κ2) is 5.44. The van der Waals surface area contributed by atoms with Gasteiger partial charge in [-0.25, -0.2) is 0 Å². The number of amides is 3. The molecule has 0 bridgehead atoms. The van der Waals surface area contributed by atoms with Gasteiger partial charge in [0.2, 0.25) is 11.8 Å². The summed E-state index contributed by atoms with van der Waals surface area (Å²) >= 11 is 0. The summed E-state index contributed by atoms with van der Waals surface area (Å²) in [6.07, 6.45) is 1.85. The van der Waals surface area contributed by atoms with Crippen LogP contribution in [-0.4, -0.2) is 33.9 Å². The molecule has 112 valence electrons. The predicted octanol–water partition coefficient (Wildman–Crippen LogP) is 0.475. The van der Waals surface area contributed by atoms with E-state index in [9.17, 15) is 19.5 Å². The maximum absolute atomic E-state index is 12.4. The number of carbonyl (C=O) groups is 3. The maximum Gasteiger partial charge on any atom is 0.254 e. The molecule has 0 spiro atoms. The summed E-state index contributed by atoms with van der Waals surface area (Å²) in [5, 5.41) is 15.0. The number of nitrogens with zero attached hydrogens (tertiary/aromatic N) is 1. The molecule has 0 saturated carbocycles. The van der Waals surface area contributed by atoms with Crippen molar-refractivity contribution in [1.82, 2.24) is 15.6 Å². The van der Waals surface area contributed by atoms with E-state index in [0.29, 0.717) is 10.9 Å². The van der Waals surface area contributed by atoms with E-state index in [1.54, 1.807) is 18.2 Å². The lowest BCUT2D eigenvalue weighted by molar-refractivity contribution is -0.134. The van der Waals surface area contributed by atoms with E-state index in [2.05, 4.69) is 15.6 Å². The Morgan fingerprint density at radius 1 is 1.32 bits per heavy atom. The number of rotatable bonds is 2. The van der Waals surface area contributed by atoms with Crippen LogP contribution in [0.1, 0.15) is 23.2 Å². The van der Waals surface area contributed by atoms with Crippen LogP contribution in [-0.2, 0) is 9.59 Å². The number of aromatic hydroxyl groups is 1. The smallest absolute Gasteiger partial charge is 0.254 e. The average molecular weight is 299 g/mol. The molecule has 1 aromatic heterocycles. The first-order valence-corrected chi connectivity index (χ1v) is 6.77. The zero-order valence-electron chi connectivity index (χ0n) is 11.5. The highest BCUT2D eigenvalue weighted by Crippen LogP contribution is 2.24. The van der Waals surface area contributed by atoms with Gasteiger partial charge in [-0.3, -0.25) is 24.7 Å². The fourth-order valence-electron chi connectivity index (χ4n) is 2.41. The number of carbonyl (C=O) groups excluding carboxylic acids is 3. The van der Waals surface area contributed by atoms with Crippen molar-refractivity contribution in [1.29, 1.82) is 0 Å². The van der Waals surface area contributed by atoms with E-state index in [1.807, 2.05) is 0 Å². The Balaban J connectivity index is 1.88. The monoisotopic (exact) mass is 299 g/mol. The van der Waals surface area contributed by atoms with Gasteiger partial charge in [0.05, 0.1) is 11.1 Å². The Hall–Kier alpha value is -2.96. The summed E-state index contributed by atoms with van der Waals surface area (Å²) in [5.41, 5.74) is 0.616. The van der Waals surface area contributed by atoms with Gasteiger partial charge in [0.15, 0.2) is 0 Å². The van der Waals surface area contributed by atoms with Crippen molar-refractivity contribution in [2.24, 2.45) is 0 Å². The number of imide groups is 1. The quantitative estimate of drug-likeness (QED) is 0.699. The molecule has 1 unspecified atom stereocenters. The molecule has 7 heteroatoms. The largest absolute Gasteiger partial charge is 0.507 e. The Kier molecular flexibility index (Phi) is 3.46. The highest BCUT2D eigenvalue weighted by Gasteiger charge is 2.28. The average Bonchev–Trinajstić information content (AvgIpc) is 2.50. The molecule has 0 radical (unpaired) electrons. The third-order valence-electron chi connectivity index (χ3n) is 3.54. The van der Waals surface area contributed by atoms with Crippen LogP contribution in [0.3, 0.4) is 0 Å². The van der Waals surface area contributed by atoms with Gasteiger partial charge in [-0.2, -0.15) is 0 Å². The van der Waals surface area contributed by atoms with Crippen molar-refractivity contribution in [3.8, 4) is 5.75 Å². The molecule has 1 aliphatic rings. The lowest BCUT2D eigenvalue weighted by atomic mass is 10.0. The second-order valence-electron chi connectivity index (χ2n) is 5.01. The standard InChI is InChI=1S/C15H13N3O4/c19-11-6-7-16-13-8(11)2-1-3-9(13)14(21)17-10-4-5-12(20)18-15(10)22/h1-3,6-7,10H,4-5H2,(H,16,19)(H,17,21)(H,18,20,22). The Bertz CT molecular complexity index is 787. The molecule has 1 atom stereocenters. The minimum absolute atomic E-state index is 0.0284. The van der Waals surface area contributed by atoms with Crippen LogP contribution in [0.25, 0.3) is 10.9 Å². The molecule has 2 aromatic rings. The summed E-state index contributed by atoms with van der Waals surface area (Å²) in [6, 6.07) is 5.53. The molecule has 3 amide bonds. The van der Waals surface area contributed by atoms with Crippen LogP contribution in [0.15, 0.2) is 30.5 Å². The Labute approximate surface area is 125 Å². The molecule has 7 nitrogen and oxygen atoms in total. The Morgan fingerprint density at radius 3 is 2.91 bits per heavy atom. The number of fused-ring (bicyclic) bond motifs is 1. The molecule has 2 heterocycles. The summed E-state index contributed by atoms with van der Waals surface area (Å²) in [4.78, 5) is 39.3. The predicted molar refractivity (Wildman–Crippen MR) is 77.0 cm³/mol. The van der Waals surface area contributed by atoms with Gasteiger partial charge in [-0.05, 0) is 24.6 Å². The van der Waals surface area contributed by atoms with Crippen LogP contribution in [0.2, 0.25) is 0 Å². The molecule has 1 aromatic carbocycles. The van der Waals surface area contributed by atoms with Crippen LogP contribution < -0.4 is 10.6 Å². The number of nitrogens with one attached hydrogen (secondary N) is 2. The summed E-state index contributed by atoms with van der Waals surface area (Å²) in [7, 11) is 0. The minimum atomic E-state index is -0.752. The van der Waals surface area contributed by atoms with Gasteiger partial charge in [-0.1, -0.05) is 6.07 Å². The third kappa shape index (κ3) is 2.48. The number of para-hydroxylation sites is 1. The van der Waals surface area contributed by atoms with E-state index in [4.69, 9.17) is 0 Å². The second-order valence-corrected chi connectivity index (χ2v) is 5.01. The van der Waals surface area contributed by atoms with Crippen molar-refractivity contribution in [2.75, 3.05) is 0 Å². The third-order valence-corrected chi connectivity index (χ3v) is 3.54. The summed E-state index contributed by atoms with van der Waals surface area (Å²) < 4.78 is 0. The number of hydrogen-bond acceptors (Lipinski definition) is 5. The van der Waals surface area contributed by atoms with Crippen molar-refractivity contribution in [3.63, 3.8) is 0 Å². The van der Waals surface area contributed by atoms with E-state index < -0.39 is 17.9 Å². The fraction of sp³-hybridized carbons (Fsp3) is 0.200. The normalized spacial score (nSPS) is 18.1. The molecule has 22 heavy (non-hydrogen) atoms. The molecular weight excluding hydrogens is 286 g/mol. The number of benzene rings is 1. The Morgan fingerprint density at radius 2 is 2.14 bits per heavy atom. The first kappa shape index (κ1) is 14.0. The van der Waals surface area contributed by atoms with E-state index in [0.717, 1.165) is 0 Å². The topological polar surface area (TPSA) is 108 Å². The van der Waals surface area contributed by atoms with Gasteiger partial charge < -0.3 is 10.4 Å². The number of piperidine rings is 1. The van der Waals surface area contributed by atoms with Crippen molar-refractivity contribution < 1.29 is 19.5 Å². The maximum atomic E-state index is 12.4. The SMILES string of the molecule is O=C1CCC(NC(=O)c2cccc3c(O)ccnc23)C(=O)N1. The molecule has 0 aliphatic carbocycles. The van der Waals surface area contributed by atoms with Crippen molar-refractivity contribution in [2.45, 2.75) is 18.9 Å². The molecular formula is C15H13N3O4. The minimum Gasteiger partial charge on any atom is -0.507 e. The van der Waals surface area contributed by atoms with Crippen LogP contribution in [0.5, 0.6) is 5.75 Å². The van der Waals surface area contributed by atoms with E-state index in [1.165, 1.54) is 12.3 Å². The summed E-state index contributed by atoms with van der Waals surface area (Å²) in [5.74, 6) is -1.30. The van der Waals surface area contributed by atoms with Gasteiger partial charge in [0.1, 0.15) is 11.8 Å².